The molecule has 0 aromatic rings. The van der Waals surface area contributed by atoms with Gasteiger partial charge in [0.15, 0.2) is 0 Å². The van der Waals surface area contributed by atoms with Gasteiger partial charge in [-0.05, 0) is 39.0 Å². The topological polar surface area (TPSA) is 43.8 Å². The van der Waals surface area contributed by atoms with Crippen molar-refractivity contribution in [1.29, 1.82) is 0 Å². The first-order chi connectivity index (χ1) is 9.72. The largest absolute Gasteiger partial charge is 0.395 e. The summed E-state index contributed by atoms with van der Waals surface area (Å²) in [6, 6.07) is 0.888. The van der Waals surface area contributed by atoms with Gasteiger partial charge in [-0.25, -0.2) is 0 Å². The molecule has 0 aromatic heterocycles. The second-order valence-electron chi connectivity index (χ2n) is 6.42. The predicted octanol–water partition coefficient (Wildman–Crippen LogP) is 2.01. The van der Waals surface area contributed by atoms with Crippen LogP contribution in [0, 0.1) is 0 Å². The van der Waals surface area contributed by atoms with E-state index in [2.05, 4.69) is 16.7 Å². The molecule has 1 unspecified atom stereocenters. The van der Waals surface area contributed by atoms with Crippen molar-refractivity contribution in [3.05, 3.63) is 0 Å². The summed E-state index contributed by atoms with van der Waals surface area (Å²) in [5.74, 6) is 0.260. The number of carbonyl (C=O) groups excluding carboxylic acids is 1. The fourth-order valence-corrected chi connectivity index (χ4v) is 3.70. The van der Waals surface area contributed by atoms with Gasteiger partial charge in [0.25, 0.3) is 0 Å². The molecule has 1 N–H and O–H groups in total. The molecule has 0 aromatic carbocycles. The SMILES string of the molecule is CC1CCCCN1C(=O)CN(CCO)C1CCCCC1. The predicted molar refractivity (Wildman–Crippen MR) is 80.6 cm³/mol. The van der Waals surface area contributed by atoms with E-state index in [9.17, 15) is 9.90 Å². The number of rotatable bonds is 5. The lowest BCUT2D eigenvalue weighted by molar-refractivity contribution is -0.136. The van der Waals surface area contributed by atoms with Crippen LogP contribution in [0.25, 0.3) is 0 Å². The van der Waals surface area contributed by atoms with Gasteiger partial charge in [-0.3, -0.25) is 9.69 Å². The van der Waals surface area contributed by atoms with Crippen molar-refractivity contribution in [1.82, 2.24) is 9.80 Å². The number of nitrogens with zero attached hydrogens (tertiary/aromatic N) is 2. The summed E-state index contributed by atoms with van der Waals surface area (Å²) in [5, 5.41) is 9.28. The van der Waals surface area contributed by atoms with Gasteiger partial charge in [0.2, 0.25) is 5.91 Å². The van der Waals surface area contributed by atoms with E-state index in [4.69, 9.17) is 0 Å². The fourth-order valence-electron chi connectivity index (χ4n) is 3.70. The Morgan fingerprint density at radius 1 is 1.15 bits per heavy atom. The minimum atomic E-state index is 0.152. The lowest BCUT2D eigenvalue weighted by Crippen LogP contribution is -2.50. The number of piperidine rings is 1. The van der Waals surface area contributed by atoms with Crippen LogP contribution in [0.3, 0.4) is 0 Å². The van der Waals surface area contributed by atoms with Gasteiger partial charge in [0, 0.05) is 25.2 Å². The molecule has 1 atom stereocenters. The van der Waals surface area contributed by atoms with Crippen molar-refractivity contribution in [2.75, 3.05) is 26.2 Å². The highest BCUT2D eigenvalue weighted by Crippen LogP contribution is 2.23. The summed E-state index contributed by atoms with van der Waals surface area (Å²) >= 11 is 0. The molecule has 20 heavy (non-hydrogen) atoms. The van der Waals surface area contributed by atoms with E-state index in [0.717, 1.165) is 19.4 Å². The van der Waals surface area contributed by atoms with Crippen LogP contribution in [-0.4, -0.2) is 59.1 Å². The molecule has 0 bridgehead atoms. The smallest absolute Gasteiger partial charge is 0.236 e. The number of carbonyl (C=O) groups is 1. The second kappa shape index (κ2) is 7.99. The molecule has 4 nitrogen and oxygen atoms in total. The zero-order chi connectivity index (χ0) is 14.4. The van der Waals surface area contributed by atoms with Crippen molar-refractivity contribution in [2.24, 2.45) is 0 Å². The first kappa shape index (κ1) is 15.8. The quantitative estimate of drug-likeness (QED) is 0.839. The Kier molecular flexibility index (Phi) is 6.30. The highest BCUT2D eigenvalue weighted by molar-refractivity contribution is 5.78. The molecule has 116 valence electrons. The normalized spacial score (nSPS) is 25.1. The standard InChI is InChI=1S/C16H30N2O2/c1-14-7-5-6-10-18(14)16(20)13-17(11-12-19)15-8-3-2-4-9-15/h14-15,19H,2-13H2,1H3. The maximum atomic E-state index is 12.5. The van der Waals surface area contributed by atoms with E-state index in [1.54, 1.807) is 0 Å². The van der Waals surface area contributed by atoms with E-state index in [-0.39, 0.29) is 12.5 Å². The second-order valence-corrected chi connectivity index (χ2v) is 6.42. The van der Waals surface area contributed by atoms with Gasteiger partial charge < -0.3 is 10.0 Å². The van der Waals surface area contributed by atoms with Crippen molar-refractivity contribution in [2.45, 2.75) is 70.4 Å². The third kappa shape index (κ3) is 4.19. The van der Waals surface area contributed by atoms with Crippen LogP contribution in [0.2, 0.25) is 0 Å². The van der Waals surface area contributed by atoms with Crippen LogP contribution in [0.4, 0.5) is 0 Å². The average molecular weight is 282 g/mol. The number of hydrogen-bond acceptors (Lipinski definition) is 3. The summed E-state index contributed by atoms with van der Waals surface area (Å²) in [6.07, 6.45) is 9.73. The van der Waals surface area contributed by atoms with Crippen LogP contribution >= 0.6 is 0 Å². The van der Waals surface area contributed by atoms with Gasteiger partial charge in [-0.1, -0.05) is 19.3 Å². The highest BCUT2D eigenvalue weighted by Gasteiger charge is 2.27. The zero-order valence-corrected chi connectivity index (χ0v) is 12.9. The van der Waals surface area contributed by atoms with Gasteiger partial charge >= 0.3 is 0 Å². The lowest BCUT2D eigenvalue weighted by Gasteiger charge is -2.38. The molecular formula is C16H30N2O2. The molecule has 0 radical (unpaired) electrons. The number of hydrogen-bond donors (Lipinski definition) is 1. The van der Waals surface area contributed by atoms with Crippen LogP contribution in [0.1, 0.15) is 58.3 Å². The monoisotopic (exact) mass is 282 g/mol. The molecule has 1 heterocycles. The lowest BCUT2D eigenvalue weighted by atomic mass is 9.94. The number of amides is 1. The molecule has 1 saturated carbocycles. The maximum Gasteiger partial charge on any atom is 0.236 e. The first-order valence-corrected chi connectivity index (χ1v) is 8.36. The van der Waals surface area contributed by atoms with Crippen LogP contribution in [0.15, 0.2) is 0 Å². The van der Waals surface area contributed by atoms with E-state index in [0.29, 0.717) is 25.2 Å². The van der Waals surface area contributed by atoms with Crippen molar-refractivity contribution in [3.63, 3.8) is 0 Å². The fraction of sp³-hybridized carbons (Fsp3) is 0.938. The Hall–Kier alpha value is -0.610. The van der Waals surface area contributed by atoms with Gasteiger partial charge in [-0.2, -0.15) is 0 Å². The Balaban J connectivity index is 1.90. The minimum absolute atomic E-state index is 0.152. The van der Waals surface area contributed by atoms with Gasteiger partial charge in [-0.15, -0.1) is 0 Å². The maximum absolute atomic E-state index is 12.5. The summed E-state index contributed by atoms with van der Waals surface area (Å²) in [4.78, 5) is 16.8. The highest BCUT2D eigenvalue weighted by atomic mass is 16.3. The summed E-state index contributed by atoms with van der Waals surface area (Å²) in [5.41, 5.74) is 0. The molecule has 2 aliphatic rings. The van der Waals surface area contributed by atoms with E-state index in [1.165, 1.54) is 38.5 Å². The number of aliphatic hydroxyl groups is 1. The molecule has 1 saturated heterocycles. The first-order valence-electron chi connectivity index (χ1n) is 8.36. The Morgan fingerprint density at radius 3 is 2.50 bits per heavy atom. The van der Waals surface area contributed by atoms with E-state index in [1.807, 2.05) is 0 Å². The summed E-state index contributed by atoms with van der Waals surface area (Å²) in [6.45, 7) is 4.36. The third-order valence-electron chi connectivity index (χ3n) is 4.94. The molecular weight excluding hydrogens is 252 g/mol. The van der Waals surface area contributed by atoms with Crippen molar-refractivity contribution in [3.8, 4) is 0 Å². The molecule has 0 spiro atoms. The minimum Gasteiger partial charge on any atom is -0.395 e. The van der Waals surface area contributed by atoms with Crippen LogP contribution in [-0.2, 0) is 4.79 Å². The zero-order valence-electron chi connectivity index (χ0n) is 12.9. The molecule has 1 aliphatic carbocycles. The molecule has 1 amide bonds. The van der Waals surface area contributed by atoms with Crippen molar-refractivity contribution >= 4 is 5.91 Å². The summed E-state index contributed by atoms with van der Waals surface area (Å²) < 4.78 is 0. The molecule has 4 heteroatoms. The molecule has 1 aliphatic heterocycles. The van der Waals surface area contributed by atoms with Crippen LogP contribution in [0.5, 0.6) is 0 Å². The third-order valence-corrected chi connectivity index (χ3v) is 4.94. The Morgan fingerprint density at radius 2 is 1.85 bits per heavy atom. The number of aliphatic hydroxyl groups excluding tert-OH is 1. The van der Waals surface area contributed by atoms with Crippen LogP contribution < -0.4 is 0 Å². The van der Waals surface area contributed by atoms with E-state index >= 15 is 0 Å². The summed E-state index contributed by atoms with van der Waals surface area (Å²) in [7, 11) is 0. The van der Waals surface area contributed by atoms with Crippen molar-refractivity contribution < 1.29 is 9.90 Å². The molecule has 2 rings (SSSR count). The Labute approximate surface area is 123 Å². The van der Waals surface area contributed by atoms with Gasteiger partial charge in [0.1, 0.15) is 0 Å². The number of likely N-dealkylation sites (tertiary alicyclic amines) is 1. The van der Waals surface area contributed by atoms with E-state index < -0.39 is 0 Å². The molecule has 2 fully saturated rings. The average Bonchev–Trinajstić information content (AvgIpc) is 2.48. The van der Waals surface area contributed by atoms with Gasteiger partial charge in [0.05, 0.1) is 13.2 Å². The Bertz CT molecular complexity index is 303.